The molecular formula is C24H30N4O3. The van der Waals surface area contributed by atoms with Crippen molar-refractivity contribution in [2.75, 3.05) is 32.8 Å². The molecule has 2 aromatic heterocycles. The zero-order valence-electron chi connectivity index (χ0n) is 18.2. The highest BCUT2D eigenvalue weighted by atomic mass is 16.5. The van der Waals surface area contributed by atoms with Crippen LogP contribution in [0, 0.1) is 0 Å². The van der Waals surface area contributed by atoms with Crippen LogP contribution >= 0.6 is 0 Å². The van der Waals surface area contributed by atoms with E-state index in [0.717, 1.165) is 74.5 Å². The number of carbonyl (C=O) groups excluding carboxylic acids is 1. The third-order valence-corrected chi connectivity index (χ3v) is 6.39. The van der Waals surface area contributed by atoms with Crippen LogP contribution in [-0.4, -0.2) is 58.3 Å². The number of hydrogen-bond acceptors (Lipinski definition) is 5. The smallest absolute Gasteiger partial charge is 0.260 e. The van der Waals surface area contributed by atoms with Crippen LogP contribution < -0.4 is 4.74 Å². The molecule has 164 valence electrons. The molecule has 0 N–H and O–H groups in total. The van der Waals surface area contributed by atoms with Gasteiger partial charge in [-0.25, -0.2) is 0 Å². The minimum atomic E-state index is 0.0533. The molecule has 1 fully saturated rings. The van der Waals surface area contributed by atoms with Crippen LogP contribution in [-0.2, 0) is 31.2 Å². The van der Waals surface area contributed by atoms with Crippen molar-refractivity contribution in [3.8, 4) is 5.75 Å². The van der Waals surface area contributed by atoms with Gasteiger partial charge < -0.3 is 14.1 Å². The normalized spacial score (nSPS) is 17.5. The minimum absolute atomic E-state index is 0.0533. The third kappa shape index (κ3) is 4.46. The van der Waals surface area contributed by atoms with Gasteiger partial charge >= 0.3 is 0 Å². The van der Waals surface area contributed by atoms with Crippen molar-refractivity contribution in [1.29, 1.82) is 0 Å². The highest BCUT2D eigenvalue weighted by Gasteiger charge is 2.21. The molecular weight excluding hydrogens is 392 g/mol. The lowest BCUT2D eigenvalue weighted by molar-refractivity contribution is -0.133. The molecule has 1 aromatic carbocycles. The molecule has 1 amide bonds. The third-order valence-electron chi connectivity index (χ3n) is 6.39. The predicted octanol–water partition coefficient (Wildman–Crippen LogP) is 3.16. The summed E-state index contributed by atoms with van der Waals surface area (Å²) in [7, 11) is 1.94. The number of fused-ring (bicyclic) bond motifs is 3. The zero-order chi connectivity index (χ0) is 21.2. The molecule has 2 aliphatic rings. The molecule has 0 spiro atoms. The van der Waals surface area contributed by atoms with Crippen LogP contribution in [0.2, 0.25) is 0 Å². The maximum absolute atomic E-state index is 12.8. The first-order valence-electron chi connectivity index (χ1n) is 11.3. The van der Waals surface area contributed by atoms with Crippen LogP contribution in [0.25, 0.3) is 11.0 Å². The Hall–Kier alpha value is -2.80. The Bertz CT molecular complexity index is 1070. The van der Waals surface area contributed by atoms with Gasteiger partial charge in [0.1, 0.15) is 17.1 Å². The van der Waals surface area contributed by atoms with Gasteiger partial charge in [-0.3, -0.25) is 14.4 Å². The average Bonchev–Trinajstić information content (AvgIpc) is 3.27. The Morgan fingerprint density at radius 2 is 2.03 bits per heavy atom. The summed E-state index contributed by atoms with van der Waals surface area (Å²) in [5.74, 6) is 1.91. The van der Waals surface area contributed by atoms with Crippen molar-refractivity contribution >= 4 is 16.9 Å². The summed E-state index contributed by atoms with van der Waals surface area (Å²) in [5, 5.41) is 5.38. The fourth-order valence-electron chi connectivity index (χ4n) is 4.76. The predicted molar refractivity (Wildman–Crippen MR) is 118 cm³/mol. The Labute approximate surface area is 182 Å². The SMILES string of the molecule is Cn1cc(CN2CCCN(C(=O)COc3ccc4oc5c(c4c3)CCCC5)CC2)cn1. The number of aryl methyl sites for hydroxylation is 3. The minimum Gasteiger partial charge on any atom is -0.484 e. The molecule has 3 heterocycles. The number of furan rings is 1. The number of amides is 1. The van der Waals surface area contributed by atoms with E-state index in [9.17, 15) is 4.79 Å². The van der Waals surface area contributed by atoms with Crippen molar-refractivity contribution in [2.45, 2.75) is 38.6 Å². The molecule has 0 saturated carbocycles. The summed E-state index contributed by atoms with van der Waals surface area (Å²) in [6.45, 7) is 4.32. The Kier molecular flexibility index (Phi) is 5.68. The van der Waals surface area contributed by atoms with Gasteiger partial charge in [-0.15, -0.1) is 0 Å². The van der Waals surface area contributed by atoms with Crippen LogP contribution in [0.5, 0.6) is 5.75 Å². The monoisotopic (exact) mass is 422 g/mol. The number of aromatic nitrogens is 2. The standard InChI is InChI=1S/C24H30N4O3/c1-26-15-18(14-25-26)16-27-9-4-10-28(12-11-27)24(29)17-30-19-7-8-23-21(13-19)20-5-2-3-6-22(20)31-23/h7-8,13-15H,2-6,9-12,16-17H2,1H3. The van der Waals surface area contributed by atoms with Crippen molar-refractivity contribution in [2.24, 2.45) is 7.05 Å². The van der Waals surface area contributed by atoms with Gasteiger partial charge in [-0.05, 0) is 43.9 Å². The molecule has 0 atom stereocenters. The van der Waals surface area contributed by atoms with Crippen molar-refractivity contribution in [3.63, 3.8) is 0 Å². The summed E-state index contributed by atoms with van der Waals surface area (Å²) < 4.78 is 13.7. The van der Waals surface area contributed by atoms with E-state index in [-0.39, 0.29) is 12.5 Å². The first-order valence-corrected chi connectivity index (χ1v) is 11.3. The number of hydrogen-bond donors (Lipinski definition) is 0. The lowest BCUT2D eigenvalue weighted by Crippen LogP contribution is -2.38. The molecule has 1 aliphatic carbocycles. The lowest BCUT2D eigenvalue weighted by atomic mass is 9.96. The van der Waals surface area contributed by atoms with E-state index in [4.69, 9.17) is 9.15 Å². The first kappa shape index (κ1) is 20.1. The molecule has 1 aliphatic heterocycles. The molecule has 1 saturated heterocycles. The first-order chi connectivity index (χ1) is 15.2. The van der Waals surface area contributed by atoms with E-state index in [1.165, 1.54) is 24.0 Å². The number of benzene rings is 1. The fourth-order valence-corrected chi connectivity index (χ4v) is 4.76. The topological polar surface area (TPSA) is 63.7 Å². The molecule has 3 aromatic rings. The van der Waals surface area contributed by atoms with Gasteiger partial charge in [0.05, 0.1) is 6.20 Å². The van der Waals surface area contributed by atoms with Crippen LogP contribution in [0.4, 0.5) is 0 Å². The number of rotatable bonds is 5. The fraction of sp³-hybridized carbons (Fsp3) is 0.500. The van der Waals surface area contributed by atoms with Gasteiger partial charge in [-0.1, -0.05) is 0 Å². The van der Waals surface area contributed by atoms with E-state index in [2.05, 4.69) is 16.2 Å². The van der Waals surface area contributed by atoms with Crippen molar-refractivity contribution < 1.29 is 13.9 Å². The van der Waals surface area contributed by atoms with Crippen LogP contribution in [0.3, 0.4) is 0 Å². The van der Waals surface area contributed by atoms with Crippen molar-refractivity contribution in [3.05, 3.63) is 47.5 Å². The Balaban J connectivity index is 1.17. The van der Waals surface area contributed by atoms with E-state index in [1.54, 1.807) is 0 Å². The van der Waals surface area contributed by atoms with E-state index in [0.29, 0.717) is 0 Å². The average molecular weight is 423 g/mol. The molecule has 0 bridgehead atoms. The second-order valence-electron chi connectivity index (χ2n) is 8.69. The maximum Gasteiger partial charge on any atom is 0.260 e. The van der Waals surface area contributed by atoms with Gasteiger partial charge in [0.15, 0.2) is 6.61 Å². The second-order valence-corrected chi connectivity index (χ2v) is 8.69. The lowest BCUT2D eigenvalue weighted by Gasteiger charge is -2.21. The van der Waals surface area contributed by atoms with E-state index in [1.807, 2.05) is 41.0 Å². The largest absolute Gasteiger partial charge is 0.484 e. The highest BCUT2D eigenvalue weighted by molar-refractivity contribution is 5.84. The molecule has 7 heteroatoms. The zero-order valence-corrected chi connectivity index (χ0v) is 18.2. The number of carbonyl (C=O) groups is 1. The second kappa shape index (κ2) is 8.75. The summed E-state index contributed by atoms with van der Waals surface area (Å²) in [6.07, 6.45) is 9.42. The van der Waals surface area contributed by atoms with Gasteiger partial charge in [0.2, 0.25) is 0 Å². The Morgan fingerprint density at radius 1 is 1.13 bits per heavy atom. The van der Waals surface area contributed by atoms with E-state index >= 15 is 0 Å². The molecule has 0 unspecified atom stereocenters. The van der Waals surface area contributed by atoms with Gasteiger partial charge in [-0.2, -0.15) is 5.10 Å². The van der Waals surface area contributed by atoms with Crippen LogP contribution in [0.1, 0.15) is 36.1 Å². The summed E-state index contributed by atoms with van der Waals surface area (Å²) >= 11 is 0. The molecule has 0 radical (unpaired) electrons. The summed E-state index contributed by atoms with van der Waals surface area (Å²) in [4.78, 5) is 17.1. The van der Waals surface area contributed by atoms with Gasteiger partial charge in [0.25, 0.3) is 5.91 Å². The molecule has 31 heavy (non-hydrogen) atoms. The van der Waals surface area contributed by atoms with Crippen LogP contribution in [0.15, 0.2) is 35.0 Å². The molecule has 7 nitrogen and oxygen atoms in total. The van der Waals surface area contributed by atoms with E-state index < -0.39 is 0 Å². The number of ether oxygens (including phenoxy) is 1. The van der Waals surface area contributed by atoms with Gasteiger partial charge in [0, 0.05) is 68.9 Å². The Morgan fingerprint density at radius 3 is 2.90 bits per heavy atom. The maximum atomic E-state index is 12.8. The number of nitrogens with zero attached hydrogens (tertiary/aromatic N) is 4. The highest BCUT2D eigenvalue weighted by Crippen LogP contribution is 2.33. The summed E-state index contributed by atoms with van der Waals surface area (Å²) in [6, 6.07) is 5.91. The summed E-state index contributed by atoms with van der Waals surface area (Å²) in [5.41, 5.74) is 3.45. The quantitative estimate of drug-likeness (QED) is 0.632. The molecule has 5 rings (SSSR count). The van der Waals surface area contributed by atoms with Crippen molar-refractivity contribution in [1.82, 2.24) is 19.6 Å².